The molecule has 5 nitrogen and oxygen atoms in total. The van der Waals surface area contributed by atoms with E-state index < -0.39 is 0 Å². The number of hydrogen-bond acceptors (Lipinski definition) is 3. The van der Waals surface area contributed by atoms with Gasteiger partial charge in [-0.2, -0.15) is 0 Å². The number of likely N-dealkylation sites (tertiary alicyclic amines) is 1. The van der Waals surface area contributed by atoms with Crippen LogP contribution in [-0.4, -0.2) is 68.2 Å². The van der Waals surface area contributed by atoms with Crippen LogP contribution < -0.4 is 5.32 Å². The highest BCUT2D eigenvalue weighted by atomic mass is 127. The van der Waals surface area contributed by atoms with E-state index in [0.717, 1.165) is 57.5 Å². The van der Waals surface area contributed by atoms with E-state index in [-0.39, 0.29) is 35.8 Å². The van der Waals surface area contributed by atoms with E-state index in [1.165, 1.54) is 18.9 Å². The maximum absolute atomic E-state index is 13.8. The molecule has 0 aromatic heterocycles. The minimum absolute atomic E-state index is 0. The van der Waals surface area contributed by atoms with Crippen LogP contribution in [0.2, 0.25) is 0 Å². The smallest absolute Gasteiger partial charge is 0.193 e. The Balaban J connectivity index is 0.00000280. The number of nitrogens with one attached hydrogen (secondary N) is 1. The highest BCUT2D eigenvalue weighted by Gasteiger charge is 2.24. The van der Waals surface area contributed by atoms with Crippen molar-refractivity contribution >= 4 is 29.9 Å². The molecule has 28 heavy (non-hydrogen) atoms. The lowest BCUT2D eigenvalue weighted by atomic mass is 10.0. The van der Waals surface area contributed by atoms with Gasteiger partial charge in [0.25, 0.3) is 0 Å². The summed E-state index contributed by atoms with van der Waals surface area (Å²) < 4.78 is 19.4. The summed E-state index contributed by atoms with van der Waals surface area (Å²) in [4.78, 5) is 9.72. The normalized spacial score (nSPS) is 22.5. The van der Waals surface area contributed by atoms with Crippen LogP contribution in [-0.2, 0) is 4.74 Å². The zero-order valence-corrected chi connectivity index (χ0v) is 19.4. The summed E-state index contributed by atoms with van der Waals surface area (Å²) in [5.41, 5.74) is 0.989. The molecular formula is C21H34FIN4O. The van der Waals surface area contributed by atoms with Crippen molar-refractivity contribution in [1.82, 2.24) is 15.1 Å². The third-order valence-electron chi connectivity index (χ3n) is 5.43. The summed E-state index contributed by atoms with van der Waals surface area (Å²) in [6.45, 7) is 11.1. The number of nitrogens with zero attached hydrogens (tertiary/aromatic N) is 3. The molecule has 7 heteroatoms. The van der Waals surface area contributed by atoms with Crippen molar-refractivity contribution in [1.29, 1.82) is 0 Å². The van der Waals surface area contributed by atoms with E-state index in [1.807, 2.05) is 6.07 Å². The van der Waals surface area contributed by atoms with Crippen LogP contribution in [0.1, 0.15) is 38.3 Å². The topological polar surface area (TPSA) is 40.1 Å². The molecule has 2 unspecified atom stereocenters. The molecule has 2 saturated heterocycles. The van der Waals surface area contributed by atoms with Gasteiger partial charge in [0.1, 0.15) is 5.82 Å². The fourth-order valence-electron chi connectivity index (χ4n) is 4.02. The first-order valence-corrected chi connectivity index (χ1v) is 10.3. The van der Waals surface area contributed by atoms with E-state index in [1.54, 1.807) is 12.1 Å². The van der Waals surface area contributed by atoms with E-state index in [0.29, 0.717) is 12.5 Å². The Morgan fingerprint density at radius 1 is 1.32 bits per heavy atom. The van der Waals surface area contributed by atoms with Crippen molar-refractivity contribution in [3.63, 3.8) is 0 Å². The molecule has 0 aliphatic carbocycles. The van der Waals surface area contributed by atoms with Crippen molar-refractivity contribution in [2.45, 2.75) is 32.7 Å². The number of rotatable bonds is 5. The first-order chi connectivity index (χ1) is 13.2. The van der Waals surface area contributed by atoms with Crippen LogP contribution in [0.25, 0.3) is 0 Å². The number of morpholine rings is 1. The van der Waals surface area contributed by atoms with E-state index in [4.69, 9.17) is 9.73 Å². The number of aliphatic imine (C=N–C) groups is 1. The Kier molecular flexibility index (Phi) is 9.94. The van der Waals surface area contributed by atoms with Crippen LogP contribution in [0, 0.1) is 11.7 Å². The van der Waals surface area contributed by atoms with Crippen LogP contribution in [0.3, 0.4) is 0 Å². The Morgan fingerprint density at radius 3 is 2.79 bits per heavy atom. The molecule has 1 aromatic rings. The average molecular weight is 504 g/mol. The quantitative estimate of drug-likeness (QED) is 0.379. The molecule has 0 amide bonds. The van der Waals surface area contributed by atoms with E-state index >= 15 is 0 Å². The van der Waals surface area contributed by atoms with E-state index in [9.17, 15) is 4.39 Å². The molecule has 158 valence electrons. The Bertz CT molecular complexity index is 624. The van der Waals surface area contributed by atoms with Gasteiger partial charge in [0.15, 0.2) is 5.96 Å². The van der Waals surface area contributed by atoms with Gasteiger partial charge in [0.2, 0.25) is 0 Å². The lowest BCUT2D eigenvalue weighted by Crippen LogP contribution is -2.47. The third kappa shape index (κ3) is 6.56. The first-order valence-electron chi connectivity index (χ1n) is 10.3. The number of guanidine groups is 1. The summed E-state index contributed by atoms with van der Waals surface area (Å²) in [5, 5.41) is 3.45. The minimum atomic E-state index is -0.188. The average Bonchev–Trinajstić information content (AvgIpc) is 2.68. The molecule has 0 radical (unpaired) electrons. The van der Waals surface area contributed by atoms with E-state index in [2.05, 4.69) is 29.0 Å². The van der Waals surface area contributed by atoms with Crippen molar-refractivity contribution in [2.24, 2.45) is 10.9 Å². The molecule has 2 aliphatic rings. The zero-order chi connectivity index (χ0) is 19.1. The predicted octanol–water partition coefficient (Wildman–Crippen LogP) is 3.51. The van der Waals surface area contributed by atoms with Crippen molar-refractivity contribution < 1.29 is 9.13 Å². The maximum atomic E-state index is 13.8. The molecule has 2 aliphatic heterocycles. The molecule has 2 heterocycles. The molecule has 3 rings (SSSR count). The molecule has 1 N–H and O–H groups in total. The largest absolute Gasteiger partial charge is 0.379 e. The summed E-state index contributed by atoms with van der Waals surface area (Å²) in [6.07, 6.45) is 2.50. The molecule has 1 aromatic carbocycles. The second-order valence-electron chi connectivity index (χ2n) is 7.61. The molecule has 2 fully saturated rings. The Morgan fingerprint density at radius 2 is 2.11 bits per heavy atom. The second-order valence-corrected chi connectivity index (χ2v) is 7.61. The number of halogens is 2. The van der Waals surface area contributed by atoms with Crippen LogP contribution in [0.15, 0.2) is 29.3 Å². The molecule has 0 spiro atoms. The van der Waals surface area contributed by atoms with Gasteiger partial charge in [0.05, 0.1) is 25.8 Å². The van der Waals surface area contributed by atoms with Gasteiger partial charge < -0.3 is 15.0 Å². The number of hydrogen-bond donors (Lipinski definition) is 1. The highest BCUT2D eigenvalue weighted by molar-refractivity contribution is 14.0. The Labute approximate surface area is 185 Å². The first kappa shape index (κ1) is 23.3. The number of benzene rings is 1. The standard InChI is InChI=1S/C21H33FN4O.HI/c1-3-23-21(26-9-5-6-17(2)16-26)24-15-20(25-10-12-27-13-11-25)18-7-4-8-19(22)14-18;/h4,7-8,14,17,20H,3,5-6,9-13,15-16H2,1-2H3,(H,23,24);1H. The highest BCUT2D eigenvalue weighted by Crippen LogP contribution is 2.23. The number of ether oxygens (including phenoxy) is 1. The monoisotopic (exact) mass is 504 g/mol. The SMILES string of the molecule is CCNC(=NCC(c1cccc(F)c1)N1CCOCC1)N1CCCC(C)C1.I. The third-order valence-corrected chi connectivity index (χ3v) is 5.43. The molecular weight excluding hydrogens is 470 g/mol. The predicted molar refractivity (Wildman–Crippen MR) is 123 cm³/mol. The molecule has 0 bridgehead atoms. The van der Waals surface area contributed by atoms with Crippen LogP contribution in [0.5, 0.6) is 0 Å². The molecule has 2 atom stereocenters. The van der Waals surface area contributed by atoms with Crippen molar-refractivity contribution in [3.8, 4) is 0 Å². The van der Waals surface area contributed by atoms with Crippen molar-refractivity contribution in [3.05, 3.63) is 35.6 Å². The summed E-state index contributed by atoms with van der Waals surface area (Å²) in [6, 6.07) is 7.02. The van der Waals surface area contributed by atoms with Crippen molar-refractivity contribution in [2.75, 3.05) is 52.5 Å². The summed E-state index contributed by atoms with van der Waals surface area (Å²) >= 11 is 0. The van der Waals surface area contributed by atoms with Crippen LogP contribution >= 0.6 is 24.0 Å². The number of piperidine rings is 1. The summed E-state index contributed by atoms with van der Waals surface area (Å²) in [5.74, 6) is 1.49. The molecule has 0 saturated carbocycles. The fourth-order valence-corrected chi connectivity index (χ4v) is 4.02. The van der Waals surface area contributed by atoms with Gasteiger partial charge in [0, 0.05) is 32.7 Å². The summed E-state index contributed by atoms with van der Waals surface area (Å²) in [7, 11) is 0. The van der Waals surface area contributed by atoms with Gasteiger partial charge >= 0.3 is 0 Å². The minimum Gasteiger partial charge on any atom is -0.379 e. The fraction of sp³-hybridized carbons (Fsp3) is 0.667. The van der Waals surface area contributed by atoms with Gasteiger partial charge in [-0.15, -0.1) is 24.0 Å². The lowest BCUT2D eigenvalue weighted by Gasteiger charge is -2.36. The van der Waals surface area contributed by atoms with Gasteiger partial charge in [-0.1, -0.05) is 19.1 Å². The Hall–Kier alpha value is -0.930. The lowest BCUT2D eigenvalue weighted by molar-refractivity contribution is 0.0178. The zero-order valence-electron chi connectivity index (χ0n) is 17.1. The maximum Gasteiger partial charge on any atom is 0.193 e. The second kappa shape index (κ2) is 11.9. The van der Waals surface area contributed by atoms with Gasteiger partial charge in [-0.3, -0.25) is 9.89 Å². The van der Waals surface area contributed by atoms with Crippen LogP contribution in [0.4, 0.5) is 4.39 Å². The van der Waals surface area contributed by atoms with Gasteiger partial charge in [-0.05, 0) is 43.4 Å². The van der Waals surface area contributed by atoms with Gasteiger partial charge in [-0.25, -0.2) is 4.39 Å².